The molecule has 7 nitrogen and oxygen atoms in total. The Hall–Kier alpha value is -2.35. The zero-order valence-corrected chi connectivity index (χ0v) is 12.9. The van der Waals surface area contributed by atoms with Crippen LogP contribution in [0.3, 0.4) is 0 Å². The van der Waals surface area contributed by atoms with Crippen molar-refractivity contribution in [3.63, 3.8) is 0 Å². The van der Waals surface area contributed by atoms with E-state index in [1.165, 1.54) is 18.7 Å². The fourth-order valence-corrected chi connectivity index (χ4v) is 2.52. The molecule has 2 aromatic rings. The van der Waals surface area contributed by atoms with E-state index in [9.17, 15) is 9.59 Å². The molecule has 0 aliphatic carbocycles. The van der Waals surface area contributed by atoms with E-state index in [-0.39, 0.29) is 0 Å². The lowest BCUT2D eigenvalue weighted by atomic mass is 10.2. The second kappa shape index (κ2) is 7.08. The summed E-state index contributed by atoms with van der Waals surface area (Å²) in [4.78, 5) is 27.1. The van der Waals surface area contributed by atoms with Crippen molar-refractivity contribution in [1.29, 1.82) is 0 Å². The number of aromatic nitrogens is 2. The molecule has 0 aliphatic rings. The van der Waals surface area contributed by atoms with E-state index in [2.05, 4.69) is 15.5 Å². The number of thioether (sulfide) groups is 1. The Kier molecular flexibility index (Phi) is 5.16. The Labute approximate surface area is 131 Å². The largest absolute Gasteiger partial charge is 0.480 e. The van der Waals surface area contributed by atoms with Gasteiger partial charge in [0.1, 0.15) is 16.8 Å². The molecular weight excluding hydrogens is 306 g/mol. The predicted molar refractivity (Wildman–Crippen MR) is 79.6 cm³/mol. The quantitative estimate of drug-likeness (QED) is 0.782. The number of rotatable bonds is 6. The van der Waals surface area contributed by atoms with E-state index in [4.69, 9.17) is 9.63 Å². The van der Waals surface area contributed by atoms with Crippen molar-refractivity contribution in [1.82, 2.24) is 15.5 Å². The maximum Gasteiger partial charge on any atom is 0.325 e. The van der Waals surface area contributed by atoms with Crippen molar-refractivity contribution in [2.45, 2.75) is 30.7 Å². The molecule has 0 radical (unpaired) electrons. The van der Waals surface area contributed by atoms with Gasteiger partial charge in [-0.3, -0.25) is 9.59 Å². The predicted octanol–water partition coefficient (Wildman–Crippen LogP) is 1.87. The molecule has 0 saturated carbocycles. The molecule has 2 N–H and O–H groups in total. The summed E-state index contributed by atoms with van der Waals surface area (Å²) < 4.78 is 4.98. The van der Waals surface area contributed by atoms with Crippen LogP contribution in [-0.4, -0.2) is 33.2 Å². The number of aliphatic carboxylic acids is 1. The first kappa shape index (κ1) is 16.0. The molecule has 1 unspecified atom stereocenters. The van der Waals surface area contributed by atoms with Crippen molar-refractivity contribution in [3.8, 4) is 0 Å². The maximum atomic E-state index is 12.1. The maximum absolute atomic E-state index is 12.1. The summed E-state index contributed by atoms with van der Waals surface area (Å²) in [6.07, 6.45) is 1.58. The van der Waals surface area contributed by atoms with Crippen molar-refractivity contribution >= 4 is 23.6 Å². The summed E-state index contributed by atoms with van der Waals surface area (Å²) in [5.41, 5.74) is 1.08. The van der Waals surface area contributed by atoms with Gasteiger partial charge in [-0.05, 0) is 26.0 Å². The zero-order valence-electron chi connectivity index (χ0n) is 12.1. The first-order valence-electron chi connectivity index (χ1n) is 6.51. The third kappa shape index (κ3) is 4.08. The SMILES string of the molecule is Cc1cc(CSc2ncccc2C(=O)NC(C)C(=O)O)no1. The second-order valence-electron chi connectivity index (χ2n) is 4.61. The van der Waals surface area contributed by atoms with Crippen molar-refractivity contribution in [2.75, 3.05) is 0 Å². The van der Waals surface area contributed by atoms with Gasteiger partial charge in [0.05, 0.1) is 11.3 Å². The summed E-state index contributed by atoms with van der Waals surface area (Å²) in [5, 5.41) is 15.6. The van der Waals surface area contributed by atoms with Crippen LogP contribution in [-0.2, 0) is 10.5 Å². The van der Waals surface area contributed by atoms with Crippen LogP contribution in [0.25, 0.3) is 0 Å². The fourth-order valence-electron chi connectivity index (χ4n) is 1.64. The van der Waals surface area contributed by atoms with Gasteiger partial charge >= 0.3 is 5.97 Å². The van der Waals surface area contributed by atoms with Gasteiger partial charge < -0.3 is 14.9 Å². The van der Waals surface area contributed by atoms with Gasteiger partial charge in [-0.1, -0.05) is 16.9 Å². The molecule has 1 amide bonds. The van der Waals surface area contributed by atoms with Crippen molar-refractivity contribution < 1.29 is 19.2 Å². The summed E-state index contributed by atoms with van der Waals surface area (Å²) in [6, 6.07) is 4.07. The number of carboxylic acids is 1. The third-order valence-corrected chi connectivity index (χ3v) is 3.81. The Morgan fingerprint density at radius 1 is 1.50 bits per heavy atom. The monoisotopic (exact) mass is 321 g/mol. The molecule has 2 aromatic heterocycles. The highest BCUT2D eigenvalue weighted by Gasteiger charge is 2.18. The molecule has 0 aromatic carbocycles. The number of nitrogens with zero attached hydrogens (tertiary/aromatic N) is 2. The normalized spacial score (nSPS) is 11.9. The topological polar surface area (TPSA) is 105 Å². The highest BCUT2D eigenvalue weighted by Crippen LogP contribution is 2.24. The van der Waals surface area contributed by atoms with Crippen LogP contribution in [0, 0.1) is 6.92 Å². The Balaban J connectivity index is 2.09. The van der Waals surface area contributed by atoms with Gasteiger partial charge in [0.2, 0.25) is 0 Å². The lowest BCUT2D eigenvalue weighted by molar-refractivity contribution is -0.138. The second-order valence-corrected chi connectivity index (χ2v) is 5.57. The van der Waals surface area contributed by atoms with E-state index >= 15 is 0 Å². The first-order valence-corrected chi connectivity index (χ1v) is 7.49. The number of amides is 1. The third-order valence-electron chi connectivity index (χ3n) is 2.77. The van der Waals surface area contributed by atoms with Crippen LogP contribution in [0.1, 0.15) is 28.7 Å². The van der Waals surface area contributed by atoms with Crippen LogP contribution >= 0.6 is 11.8 Å². The minimum atomic E-state index is -1.09. The lowest BCUT2D eigenvalue weighted by Gasteiger charge is -2.11. The number of pyridine rings is 1. The fraction of sp³-hybridized carbons (Fsp3) is 0.286. The highest BCUT2D eigenvalue weighted by molar-refractivity contribution is 7.98. The lowest BCUT2D eigenvalue weighted by Crippen LogP contribution is -2.38. The summed E-state index contributed by atoms with van der Waals surface area (Å²) in [6.45, 7) is 3.20. The number of carbonyl (C=O) groups excluding carboxylic acids is 1. The van der Waals surface area contributed by atoms with E-state index in [1.54, 1.807) is 25.3 Å². The van der Waals surface area contributed by atoms with Crippen LogP contribution in [0.2, 0.25) is 0 Å². The molecule has 22 heavy (non-hydrogen) atoms. The standard InChI is InChI=1S/C14H15N3O4S/c1-8-6-10(17-21-8)7-22-13-11(4-3-5-15-13)12(18)16-9(2)14(19)20/h3-6,9H,7H2,1-2H3,(H,16,18)(H,19,20). The average molecular weight is 321 g/mol. The molecule has 8 heteroatoms. The Morgan fingerprint density at radius 2 is 2.27 bits per heavy atom. The van der Waals surface area contributed by atoms with E-state index < -0.39 is 17.9 Å². The van der Waals surface area contributed by atoms with E-state index in [0.29, 0.717) is 22.1 Å². The van der Waals surface area contributed by atoms with Crippen LogP contribution in [0.4, 0.5) is 0 Å². The molecule has 0 spiro atoms. The number of carboxylic acid groups (broad SMARTS) is 1. The smallest absolute Gasteiger partial charge is 0.325 e. The average Bonchev–Trinajstić information content (AvgIpc) is 2.90. The van der Waals surface area contributed by atoms with Gasteiger partial charge in [0, 0.05) is 18.0 Å². The van der Waals surface area contributed by atoms with Crippen LogP contribution in [0.5, 0.6) is 0 Å². The first-order chi connectivity index (χ1) is 10.5. The van der Waals surface area contributed by atoms with Gasteiger partial charge in [-0.2, -0.15) is 0 Å². The van der Waals surface area contributed by atoms with Gasteiger partial charge in [-0.25, -0.2) is 4.98 Å². The van der Waals surface area contributed by atoms with Gasteiger partial charge in [0.25, 0.3) is 5.91 Å². The number of aryl methyl sites for hydroxylation is 1. The molecule has 1 atom stereocenters. The minimum Gasteiger partial charge on any atom is -0.480 e. The molecule has 116 valence electrons. The molecule has 0 fully saturated rings. The zero-order chi connectivity index (χ0) is 16.1. The molecule has 2 heterocycles. The molecule has 2 rings (SSSR count). The van der Waals surface area contributed by atoms with E-state index in [1.807, 2.05) is 6.07 Å². The molecule has 0 bridgehead atoms. The number of carbonyl (C=O) groups is 2. The van der Waals surface area contributed by atoms with Crippen molar-refractivity contribution in [3.05, 3.63) is 41.4 Å². The Bertz CT molecular complexity index is 686. The van der Waals surface area contributed by atoms with Crippen LogP contribution < -0.4 is 5.32 Å². The van der Waals surface area contributed by atoms with Crippen molar-refractivity contribution in [2.24, 2.45) is 0 Å². The van der Waals surface area contributed by atoms with Gasteiger partial charge in [0.15, 0.2) is 0 Å². The molecular formula is C14H15N3O4S. The Morgan fingerprint density at radius 3 is 2.91 bits per heavy atom. The minimum absolute atomic E-state index is 0.334. The summed E-state index contributed by atoms with van der Waals surface area (Å²) >= 11 is 1.34. The highest BCUT2D eigenvalue weighted by atomic mass is 32.2. The van der Waals surface area contributed by atoms with Gasteiger partial charge in [-0.15, -0.1) is 0 Å². The molecule has 0 saturated heterocycles. The number of hydrogen-bond donors (Lipinski definition) is 2. The molecule has 0 aliphatic heterocycles. The summed E-state index contributed by atoms with van der Waals surface area (Å²) in [7, 11) is 0. The van der Waals surface area contributed by atoms with Crippen LogP contribution in [0.15, 0.2) is 33.9 Å². The summed E-state index contributed by atoms with van der Waals surface area (Å²) in [5.74, 6) is -0.348. The van der Waals surface area contributed by atoms with E-state index in [0.717, 1.165) is 5.69 Å². The number of hydrogen-bond acceptors (Lipinski definition) is 6. The number of nitrogens with one attached hydrogen (secondary N) is 1.